The van der Waals surface area contributed by atoms with Gasteiger partial charge in [0.2, 0.25) is 0 Å². The fourth-order valence-corrected chi connectivity index (χ4v) is 3.76. The molecular formula is C17H14O. The van der Waals surface area contributed by atoms with Gasteiger partial charge in [-0.25, -0.2) is 0 Å². The molecule has 0 N–H and O–H groups in total. The van der Waals surface area contributed by atoms with E-state index in [2.05, 4.69) is 36.4 Å². The highest BCUT2D eigenvalue weighted by Crippen LogP contribution is 2.51. The maximum absolute atomic E-state index is 12.2. The number of hydrogen-bond acceptors (Lipinski definition) is 1. The molecule has 2 aromatic carbocycles. The standard InChI is InChI=1S/C17H14O/c18-16-11-17(15-8-4-2-6-13(15)16)10-9-12-5-1-3-7-14(12)17/h1-8H,9-11H2/t17-/m1/s1. The lowest BCUT2D eigenvalue weighted by Crippen LogP contribution is -2.21. The Bertz CT molecular complexity index is 656. The van der Waals surface area contributed by atoms with Gasteiger partial charge in [-0.15, -0.1) is 0 Å². The fourth-order valence-electron chi connectivity index (χ4n) is 3.76. The Kier molecular flexibility index (Phi) is 1.86. The number of fused-ring (bicyclic) bond motifs is 4. The van der Waals surface area contributed by atoms with Crippen molar-refractivity contribution in [2.75, 3.05) is 0 Å². The summed E-state index contributed by atoms with van der Waals surface area (Å²) in [6, 6.07) is 16.7. The zero-order valence-corrected chi connectivity index (χ0v) is 10.1. The molecule has 2 aliphatic rings. The number of aryl methyl sites for hydroxylation is 1. The minimum absolute atomic E-state index is 0.0235. The van der Waals surface area contributed by atoms with Crippen LogP contribution >= 0.6 is 0 Å². The highest BCUT2D eigenvalue weighted by atomic mass is 16.1. The molecule has 88 valence electrons. The molecule has 1 spiro atoms. The normalized spacial score (nSPS) is 24.3. The van der Waals surface area contributed by atoms with Crippen LogP contribution in [0.3, 0.4) is 0 Å². The van der Waals surface area contributed by atoms with Crippen LogP contribution < -0.4 is 0 Å². The second-order valence-corrected chi connectivity index (χ2v) is 5.38. The van der Waals surface area contributed by atoms with Crippen molar-refractivity contribution in [2.45, 2.75) is 24.7 Å². The van der Waals surface area contributed by atoms with Crippen LogP contribution in [0.2, 0.25) is 0 Å². The highest BCUT2D eigenvalue weighted by molar-refractivity contribution is 6.03. The van der Waals surface area contributed by atoms with E-state index in [1.54, 1.807) is 0 Å². The zero-order valence-electron chi connectivity index (χ0n) is 10.1. The SMILES string of the molecule is O=C1C[C@@]2(CCc3ccccc32)c2ccccc21. The van der Waals surface area contributed by atoms with Crippen molar-refractivity contribution < 1.29 is 4.79 Å². The molecule has 0 saturated carbocycles. The smallest absolute Gasteiger partial charge is 0.164 e. The third-order valence-corrected chi connectivity index (χ3v) is 4.56. The summed E-state index contributed by atoms with van der Waals surface area (Å²) in [6.07, 6.45) is 2.83. The van der Waals surface area contributed by atoms with E-state index in [4.69, 9.17) is 0 Å². The molecule has 0 aromatic heterocycles. The van der Waals surface area contributed by atoms with E-state index in [0.29, 0.717) is 12.2 Å². The lowest BCUT2D eigenvalue weighted by atomic mass is 9.77. The monoisotopic (exact) mass is 234 g/mol. The third-order valence-electron chi connectivity index (χ3n) is 4.56. The summed E-state index contributed by atoms with van der Waals surface area (Å²) in [7, 11) is 0. The largest absolute Gasteiger partial charge is 0.294 e. The van der Waals surface area contributed by atoms with Crippen molar-refractivity contribution in [2.24, 2.45) is 0 Å². The minimum atomic E-state index is -0.0235. The Morgan fingerprint density at radius 2 is 1.61 bits per heavy atom. The summed E-state index contributed by atoms with van der Waals surface area (Å²) >= 11 is 0. The zero-order chi connectivity index (χ0) is 12.2. The first-order valence-electron chi connectivity index (χ1n) is 6.52. The van der Waals surface area contributed by atoms with E-state index in [0.717, 1.165) is 18.4 Å². The molecule has 0 heterocycles. The maximum atomic E-state index is 12.2. The third kappa shape index (κ3) is 1.09. The summed E-state index contributed by atoms with van der Waals surface area (Å²) in [4.78, 5) is 12.2. The van der Waals surface area contributed by atoms with Crippen LogP contribution in [0.15, 0.2) is 48.5 Å². The van der Waals surface area contributed by atoms with Crippen LogP contribution in [0.4, 0.5) is 0 Å². The second-order valence-electron chi connectivity index (χ2n) is 5.38. The molecule has 0 unspecified atom stereocenters. The van der Waals surface area contributed by atoms with Crippen molar-refractivity contribution in [1.82, 2.24) is 0 Å². The minimum Gasteiger partial charge on any atom is -0.294 e. The van der Waals surface area contributed by atoms with E-state index in [1.807, 2.05) is 12.1 Å². The molecule has 0 amide bonds. The molecule has 1 atom stereocenters. The van der Waals surface area contributed by atoms with E-state index in [-0.39, 0.29) is 5.41 Å². The molecule has 0 radical (unpaired) electrons. The average Bonchev–Trinajstić information content (AvgIpc) is 2.92. The molecule has 4 rings (SSSR count). The molecule has 2 aliphatic carbocycles. The number of ketones is 1. The molecule has 18 heavy (non-hydrogen) atoms. The summed E-state index contributed by atoms with van der Waals surface area (Å²) in [6.45, 7) is 0. The van der Waals surface area contributed by atoms with Gasteiger partial charge in [-0.1, -0.05) is 48.5 Å². The van der Waals surface area contributed by atoms with E-state index in [9.17, 15) is 4.79 Å². The second kappa shape index (κ2) is 3.32. The fraction of sp³-hybridized carbons (Fsp3) is 0.235. The van der Waals surface area contributed by atoms with Gasteiger partial charge in [-0.2, -0.15) is 0 Å². The Hall–Kier alpha value is -1.89. The average molecular weight is 234 g/mol. The van der Waals surface area contributed by atoms with Gasteiger partial charge < -0.3 is 0 Å². The molecule has 0 fully saturated rings. The number of carbonyl (C=O) groups excluding carboxylic acids is 1. The predicted octanol–water partition coefficient (Wildman–Crippen LogP) is 3.51. The Morgan fingerprint density at radius 3 is 2.50 bits per heavy atom. The maximum Gasteiger partial charge on any atom is 0.164 e. The highest BCUT2D eigenvalue weighted by Gasteiger charge is 2.47. The van der Waals surface area contributed by atoms with Gasteiger partial charge in [0.15, 0.2) is 5.78 Å². The van der Waals surface area contributed by atoms with Gasteiger partial charge in [0.1, 0.15) is 0 Å². The summed E-state index contributed by atoms with van der Waals surface area (Å²) < 4.78 is 0. The van der Waals surface area contributed by atoms with Gasteiger partial charge in [0, 0.05) is 17.4 Å². The van der Waals surface area contributed by atoms with Gasteiger partial charge in [0.25, 0.3) is 0 Å². The van der Waals surface area contributed by atoms with Crippen molar-refractivity contribution in [3.8, 4) is 0 Å². The molecule has 2 aromatic rings. The summed E-state index contributed by atoms with van der Waals surface area (Å²) in [5.41, 5.74) is 4.96. The van der Waals surface area contributed by atoms with E-state index < -0.39 is 0 Å². The van der Waals surface area contributed by atoms with E-state index in [1.165, 1.54) is 16.7 Å². The van der Waals surface area contributed by atoms with Gasteiger partial charge >= 0.3 is 0 Å². The molecule has 1 heteroatoms. The van der Waals surface area contributed by atoms with Crippen LogP contribution in [0.25, 0.3) is 0 Å². The van der Waals surface area contributed by atoms with Crippen molar-refractivity contribution in [1.29, 1.82) is 0 Å². The van der Waals surface area contributed by atoms with Crippen molar-refractivity contribution >= 4 is 5.78 Å². The van der Waals surface area contributed by atoms with Gasteiger partial charge in [-0.05, 0) is 29.5 Å². The van der Waals surface area contributed by atoms with Crippen LogP contribution in [0.5, 0.6) is 0 Å². The van der Waals surface area contributed by atoms with Crippen LogP contribution in [0, 0.1) is 0 Å². The number of hydrogen-bond donors (Lipinski definition) is 0. The van der Waals surface area contributed by atoms with Gasteiger partial charge in [-0.3, -0.25) is 4.79 Å². The molecule has 0 saturated heterocycles. The number of carbonyl (C=O) groups is 1. The van der Waals surface area contributed by atoms with Crippen LogP contribution in [0.1, 0.15) is 39.9 Å². The molecule has 0 aliphatic heterocycles. The Balaban J connectivity index is 2.01. The van der Waals surface area contributed by atoms with Gasteiger partial charge in [0.05, 0.1) is 0 Å². The predicted molar refractivity (Wildman–Crippen MR) is 70.9 cm³/mol. The number of Topliss-reactive ketones (excluding diaryl/α,β-unsaturated/α-hetero) is 1. The quantitative estimate of drug-likeness (QED) is 0.681. The van der Waals surface area contributed by atoms with Crippen LogP contribution in [-0.2, 0) is 11.8 Å². The first kappa shape index (κ1) is 10.1. The lowest BCUT2D eigenvalue weighted by molar-refractivity contribution is 0.0979. The number of rotatable bonds is 0. The topological polar surface area (TPSA) is 17.1 Å². The summed E-state index contributed by atoms with van der Waals surface area (Å²) in [5.74, 6) is 0.308. The van der Waals surface area contributed by atoms with Crippen LogP contribution in [-0.4, -0.2) is 5.78 Å². The summed E-state index contributed by atoms with van der Waals surface area (Å²) in [5, 5.41) is 0. The van der Waals surface area contributed by atoms with Crippen molar-refractivity contribution in [3.05, 3.63) is 70.8 Å². The number of benzene rings is 2. The first-order chi connectivity index (χ1) is 8.81. The van der Waals surface area contributed by atoms with E-state index >= 15 is 0 Å². The molecule has 1 nitrogen and oxygen atoms in total. The van der Waals surface area contributed by atoms with Crippen molar-refractivity contribution in [3.63, 3.8) is 0 Å². The molecule has 0 bridgehead atoms. The first-order valence-corrected chi connectivity index (χ1v) is 6.52. The Labute approximate surface area is 106 Å². The Morgan fingerprint density at radius 1 is 0.889 bits per heavy atom. The molecular weight excluding hydrogens is 220 g/mol. The lowest BCUT2D eigenvalue weighted by Gasteiger charge is -2.25.